The van der Waals surface area contributed by atoms with Crippen LogP contribution in [0.3, 0.4) is 0 Å². The van der Waals surface area contributed by atoms with Crippen molar-refractivity contribution in [3.63, 3.8) is 0 Å². The number of benzene rings is 1. The van der Waals surface area contributed by atoms with E-state index >= 15 is 0 Å². The van der Waals surface area contributed by atoms with Gasteiger partial charge in [0.1, 0.15) is 5.75 Å². The minimum Gasteiger partial charge on any atom is -0.426 e. The topological polar surface area (TPSA) is 55.4 Å². The third kappa shape index (κ3) is 4.64. The number of amides is 1. The monoisotopic (exact) mass is 445 g/mol. The first-order chi connectivity index (χ1) is 7.65. The molecule has 1 N–H and O–H groups in total. The second-order valence-corrected chi connectivity index (χ2v) is 4.34. The summed E-state index contributed by atoms with van der Waals surface area (Å²) in [4.78, 5) is 22.1. The lowest BCUT2D eigenvalue weighted by Crippen LogP contribution is -2.12. The first-order valence-electron chi connectivity index (χ1n) is 4.38. The molecule has 0 saturated heterocycles. The minimum absolute atomic E-state index is 0.0578. The zero-order valence-electron chi connectivity index (χ0n) is 8.20. The van der Waals surface area contributed by atoms with Crippen molar-refractivity contribution in [1.29, 1.82) is 0 Å². The molecule has 1 rings (SSSR count). The summed E-state index contributed by atoms with van der Waals surface area (Å²) in [6.07, 6.45) is 0. The number of nitrogens with one attached hydrogen (secondary N) is 1. The number of anilines is 1. The lowest BCUT2D eigenvalue weighted by Gasteiger charge is -2.05. The van der Waals surface area contributed by atoms with Crippen LogP contribution in [0, 0.1) is 0 Å². The smallest absolute Gasteiger partial charge is 0.321 e. The Kier molecular flexibility index (Phi) is 6.03. The molecule has 0 radical (unpaired) electrons. The van der Waals surface area contributed by atoms with E-state index in [-0.39, 0.29) is 11.9 Å². The highest BCUT2D eigenvalue weighted by molar-refractivity contribution is 14.1. The molecule has 0 atom stereocenters. The molecule has 1 amide bonds. The SMILES string of the molecule is O=C(CI)Nc1ccc(OC(=O)CI)cc1. The molecule has 86 valence electrons. The molecule has 0 fully saturated rings. The van der Waals surface area contributed by atoms with E-state index in [1.54, 1.807) is 24.3 Å². The normalized spacial score (nSPS) is 9.62. The van der Waals surface area contributed by atoms with Crippen molar-refractivity contribution in [3.05, 3.63) is 24.3 Å². The molecule has 0 aliphatic rings. The van der Waals surface area contributed by atoms with Crippen LogP contribution < -0.4 is 10.1 Å². The third-order valence-corrected chi connectivity index (χ3v) is 2.92. The van der Waals surface area contributed by atoms with Crippen molar-refractivity contribution in [1.82, 2.24) is 0 Å². The molecule has 0 unspecified atom stereocenters. The van der Waals surface area contributed by atoms with Crippen LogP contribution in [0.1, 0.15) is 0 Å². The van der Waals surface area contributed by atoms with Gasteiger partial charge >= 0.3 is 5.97 Å². The van der Waals surface area contributed by atoms with Crippen molar-refractivity contribution < 1.29 is 14.3 Å². The van der Waals surface area contributed by atoms with Gasteiger partial charge in [-0.1, -0.05) is 45.2 Å². The molecule has 0 aromatic heterocycles. The quantitative estimate of drug-likeness (QED) is 0.336. The second kappa shape index (κ2) is 7.05. The van der Waals surface area contributed by atoms with Gasteiger partial charge in [0, 0.05) is 5.69 Å². The fourth-order valence-electron chi connectivity index (χ4n) is 0.959. The number of halogens is 2. The lowest BCUT2D eigenvalue weighted by atomic mass is 10.3. The van der Waals surface area contributed by atoms with Crippen LogP contribution in [0.5, 0.6) is 5.75 Å². The largest absolute Gasteiger partial charge is 0.426 e. The molecule has 4 nitrogen and oxygen atoms in total. The highest BCUT2D eigenvalue weighted by atomic mass is 127. The molecule has 0 bridgehead atoms. The van der Waals surface area contributed by atoms with Crippen molar-refractivity contribution in [2.45, 2.75) is 0 Å². The predicted octanol–water partition coefficient (Wildman–Crippen LogP) is 2.40. The minimum atomic E-state index is -0.287. The average Bonchev–Trinajstić information content (AvgIpc) is 2.31. The number of esters is 1. The Labute approximate surface area is 120 Å². The molecule has 1 aromatic carbocycles. The van der Waals surface area contributed by atoms with E-state index in [4.69, 9.17) is 4.74 Å². The zero-order valence-corrected chi connectivity index (χ0v) is 12.5. The van der Waals surface area contributed by atoms with Crippen molar-refractivity contribution >= 4 is 62.7 Å². The molecule has 1 aromatic rings. The number of alkyl halides is 2. The molecule has 0 spiro atoms. The first-order valence-corrected chi connectivity index (χ1v) is 7.43. The molecular formula is C10H9I2NO3. The maximum Gasteiger partial charge on any atom is 0.321 e. The van der Waals surface area contributed by atoms with Gasteiger partial charge in [0.15, 0.2) is 0 Å². The van der Waals surface area contributed by atoms with E-state index in [0.29, 0.717) is 20.3 Å². The Hall–Kier alpha value is -0.380. The van der Waals surface area contributed by atoms with Gasteiger partial charge in [-0.3, -0.25) is 9.59 Å². The molecule has 6 heteroatoms. The molecule has 16 heavy (non-hydrogen) atoms. The van der Waals surface area contributed by atoms with Crippen molar-refractivity contribution in [3.8, 4) is 5.75 Å². The Morgan fingerprint density at radius 2 is 1.75 bits per heavy atom. The van der Waals surface area contributed by atoms with E-state index in [2.05, 4.69) is 5.32 Å². The third-order valence-electron chi connectivity index (χ3n) is 1.60. The van der Waals surface area contributed by atoms with Crippen LogP contribution in [-0.2, 0) is 9.59 Å². The van der Waals surface area contributed by atoms with Gasteiger partial charge in [0.2, 0.25) is 5.91 Å². The van der Waals surface area contributed by atoms with Gasteiger partial charge in [0.05, 0.1) is 8.86 Å². The van der Waals surface area contributed by atoms with Crippen LogP contribution in [-0.4, -0.2) is 20.7 Å². The van der Waals surface area contributed by atoms with E-state index in [1.165, 1.54) is 0 Å². The van der Waals surface area contributed by atoms with Gasteiger partial charge in [-0.05, 0) is 24.3 Å². The van der Waals surface area contributed by atoms with Crippen LogP contribution in [0.25, 0.3) is 0 Å². The number of hydrogen-bond acceptors (Lipinski definition) is 3. The Morgan fingerprint density at radius 1 is 1.12 bits per heavy atom. The highest BCUT2D eigenvalue weighted by Crippen LogP contribution is 2.16. The summed E-state index contributed by atoms with van der Waals surface area (Å²) in [5, 5.41) is 2.70. The molecular weight excluding hydrogens is 436 g/mol. The van der Waals surface area contributed by atoms with Gasteiger partial charge < -0.3 is 10.1 Å². The predicted molar refractivity (Wildman–Crippen MR) is 78.5 cm³/mol. The van der Waals surface area contributed by atoms with Gasteiger partial charge in [-0.25, -0.2) is 0 Å². The number of rotatable bonds is 4. The Bertz CT molecular complexity index is 341. The van der Waals surface area contributed by atoms with Crippen LogP contribution in [0.4, 0.5) is 5.69 Å². The number of hydrogen-bond donors (Lipinski definition) is 1. The highest BCUT2D eigenvalue weighted by Gasteiger charge is 2.03. The summed E-state index contributed by atoms with van der Waals surface area (Å²) < 4.78 is 5.71. The molecule has 0 heterocycles. The van der Waals surface area contributed by atoms with E-state index < -0.39 is 0 Å². The number of carbonyl (C=O) groups excluding carboxylic acids is 2. The summed E-state index contributed by atoms with van der Waals surface area (Å²) in [6, 6.07) is 6.68. The van der Waals surface area contributed by atoms with Gasteiger partial charge in [-0.2, -0.15) is 0 Å². The average molecular weight is 445 g/mol. The van der Waals surface area contributed by atoms with Crippen LogP contribution >= 0.6 is 45.2 Å². The van der Waals surface area contributed by atoms with Crippen molar-refractivity contribution in [2.24, 2.45) is 0 Å². The molecule has 0 aliphatic heterocycles. The lowest BCUT2D eigenvalue weighted by molar-refractivity contribution is -0.131. The standard InChI is InChI=1S/C10H9I2NO3/c11-5-9(14)13-7-1-3-8(4-2-7)16-10(15)6-12/h1-4H,5-6H2,(H,13,14). The summed E-state index contributed by atoms with van der Waals surface area (Å²) in [6.45, 7) is 0. The fraction of sp³-hybridized carbons (Fsp3) is 0.200. The Morgan fingerprint density at radius 3 is 2.25 bits per heavy atom. The second-order valence-electron chi connectivity index (χ2n) is 2.81. The van der Waals surface area contributed by atoms with Gasteiger partial charge in [-0.15, -0.1) is 0 Å². The zero-order chi connectivity index (χ0) is 12.0. The first kappa shape index (κ1) is 13.7. The van der Waals surface area contributed by atoms with Crippen LogP contribution in [0.15, 0.2) is 24.3 Å². The Balaban J connectivity index is 2.60. The van der Waals surface area contributed by atoms with E-state index in [9.17, 15) is 9.59 Å². The van der Waals surface area contributed by atoms with Crippen LogP contribution in [0.2, 0.25) is 0 Å². The number of carbonyl (C=O) groups is 2. The van der Waals surface area contributed by atoms with Gasteiger partial charge in [0.25, 0.3) is 0 Å². The maximum atomic E-state index is 11.1. The summed E-state index contributed by atoms with van der Waals surface area (Å²) in [7, 11) is 0. The maximum absolute atomic E-state index is 11.1. The molecule has 0 aliphatic carbocycles. The molecule has 0 saturated carbocycles. The summed E-state index contributed by atoms with van der Waals surface area (Å²) in [5.41, 5.74) is 0.691. The van der Waals surface area contributed by atoms with E-state index in [0.717, 1.165) is 0 Å². The summed E-state index contributed by atoms with van der Waals surface area (Å²) >= 11 is 3.92. The van der Waals surface area contributed by atoms with E-state index in [1.807, 2.05) is 45.2 Å². The number of ether oxygens (including phenoxy) is 1. The van der Waals surface area contributed by atoms with Crippen molar-refractivity contribution in [2.75, 3.05) is 14.2 Å². The fourth-order valence-corrected chi connectivity index (χ4v) is 1.31. The summed E-state index contributed by atoms with van der Waals surface area (Å²) in [5.74, 6) is 0.136.